The van der Waals surface area contributed by atoms with Gasteiger partial charge in [-0.05, 0) is 67.6 Å². The minimum Gasteiger partial charge on any atom is -0.496 e. The number of thioether (sulfide) groups is 1. The number of rotatable bonds is 8. The van der Waals surface area contributed by atoms with Crippen LogP contribution in [-0.4, -0.2) is 46.0 Å². The van der Waals surface area contributed by atoms with E-state index in [1.54, 1.807) is 18.2 Å². The molecule has 4 aromatic rings. The summed E-state index contributed by atoms with van der Waals surface area (Å²) in [6.45, 7) is 4.92. The van der Waals surface area contributed by atoms with E-state index in [9.17, 15) is 9.59 Å². The predicted molar refractivity (Wildman–Crippen MR) is 153 cm³/mol. The van der Waals surface area contributed by atoms with Gasteiger partial charge in [-0.2, -0.15) is 0 Å². The molecule has 5 rings (SSSR count). The lowest BCUT2D eigenvalue weighted by molar-refractivity contribution is -0.116. The average molecular weight is 542 g/mol. The summed E-state index contributed by atoms with van der Waals surface area (Å²) in [6.07, 6.45) is 1.93. The molecule has 39 heavy (non-hydrogen) atoms. The number of para-hydroxylation sites is 2. The Morgan fingerprint density at radius 1 is 1.00 bits per heavy atom. The van der Waals surface area contributed by atoms with Crippen molar-refractivity contribution in [2.24, 2.45) is 0 Å². The van der Waals surface area contributed by atoms with Crippen LogP contribution >= 0.6 is 11.8 Å². The predicted octanol–water partition coefficient (Wildman–Crippen LogP) is 4.89. The van der Waals surface area contributed by atoms with Gasteiger partial charge in [-0.25, -0.2) is 0 Å². The number of aromatic nitrogens is 3. The second-order valence-electron chi connectivity index (χ2n) is 9.47. The molecule has 8 nitrogen and oxygen atoms in total. The van der Waals surface area contributed by atoms with Crippen molar-refractivity contribution in [3.63, 3.8) is 0 Å². The maximum Gasteiger partial charge on any atom is 0.255 e. The summed E-state index contributed by atoms with van der Waals surface area (Å²) in [6, 6.07) is 21.3. The molecule has 2 heterocycles. The lowest BCUT2D eigenvalue weighted by atomic mass is 10.0. The topological polar surface area (TPSA) is 89.3 Å². The minimum atomic E-state index is -0.267. The average Bonchev–Trinajstić information content (AvgIpc) is 3.37. The molecule has 3 aromatic carbocycles. The van der Waals surface area contributed by atoms with Crippen molar-refractivity contribution in [1.82, 2.24) is 20.1 Å². The zero-order valence-corrected chi connectivity index (χ0v) is 23.1. The van der Waals surface area contributed by atoms with Crippen LogP contribution in [0.3, 0.4) is 0 Å². The number of hydrogen-bond acceptors (Lipinski definition) is 6. The quantitative estimate of drug-likeness (QED) is 0.320. The number of anilines is 1. The molecule has 1 N–H and O–H groups in total. The van der Waals surface area contributed by atoms with Crippen LogP contribution in [0.2, 0.25) is 0 Å². The Bertz CT molecular complexity index is 1520. The van der Waals surface area contributed by atoms with Crippen LogP contribution in [0.15, 0.2) is 71.9 Å². The molecule has 1 aliphatic heterocycles. The Balaban J connectivity index is 1.39. The first-order chi connectivity index (χ1) is 19.0. The standard InChI is InChI=1S/C30H31N5O3S/c1-20-14-15-21(2)25(17-20)35-27(18-31-29(37)23-11-5-7-13-26(23)38-3)32-33-30(35)39-19-28(36)34-16-8-10-22-9-4-6-12-24(22)34/h4-7,9,11-15,17H,8,10,16,18-19H2,1-3H3,(H,31,37). The molecule has 0 bridgehead atoms. The summed E-state index contributed by atoms with van der Waals surface area (Å²) in [5.74, 6) is 1.07. The molecule has 2 amide bonds. The summed E-state index contributed by atoms with van der Waals surface area (Å²) >= 11 is 1.36. The first-order valence-electron chi connectivity index (χ1n) is 12.9. The van der Waals surface area contributed by atoms with Gasteiger partial charge in [0.25, 0.3) is 5.91 Å². The van der Waals surface area contributed by atoms with Gasteiger partial charge < -0.3 is 15.0 Å². The molecule has 9 heteroatoms. The molecule has 0 atom stereocenters. The molecular formula is C30H31N5O3S. The lowest BCUT2D eigenvalue weighted by Crippen LogP contribution is -2.36. The third kappa shape index (κ3) is 5.68. The molecule has 0 aliphatic carbocycles. The lowest BCUT2D eigenvalue weighted by Gasteiger charge is -2.29. The highest BCUT2D eigenvalue weighted by Gasteiger charge is 2.24. The van der Waals surface area contributed by atoms with Gasteiger partial charge in [0.05, 0.1) is 30.7 Å². The summed E-state index contributed by atoms with van der Waals surface area (Å²) in [7, 11) is 1.54. The van der Waals surface area contributed by atoms with E-state index < -0.39 is 0 Å². The number of nitrogens with zero attached hydrogens (tertiary/aromatic N) is 4. The number of carbonyl (C=O) groups excluding carboxylic acids is 2. The molecule has 0 fully saturated rings. The van der Waals surface area contributed by atoms with Gasteiger partial charge in [0, 0.05) is 12.2 Å². The third-order valence-corrected chi connectivity index (χ3v) is 7.71. The number of aryl methyl sites for hydroxylation is 3. The van der Waals surface area contributed by atoms with Crippen molar-refractivity contribution in [2.45, 2.75) is 38.4 Å². The van der Waals surface area contributed by atoms with Gasteiger partial charge >= 0.3 is 0 Å². The number of amides is 2. The van der Waals surface area contributed by atoms with E-state index in [4.69, 9.17) is 4.74 Å². The second kappa shape index (κ2) is 11.7. The highest BCUT2D eigenvalue weighted by Crippen LogP contribution is 2.29. The van der Waals surface area contributed by atoms with Crippen molar-refractivity contribution < 1.29 is 14.3 Å². The van der Waals surface area contributed by atoms with Crippen molar-refractivity contribution in [3.05, 3.63) is 94.8 Å². The molecule has 0 saturated heterocycles. The fourth-order valence-electron chi connectivity index (χ4n) is 4.79. The molecular weight excluding hydrogens is 510 g/mol. The highest BCUT2D eigenvalue weighted by atomic mass is 32.2. The van der Waals surface area contributed by atoms with Gasteiger partial charge in [-0.3, -0.25) is 14.2 Å². The SMILES string of the molecule is COc1ccccc1C(=O)NCc1nnc(SCC(=O)N2CCCc3ccccc32)n1-c1cc(C)ccc1C. The molecule has 1 aromatic heterocycles. The summed E-state index contributed by atoms with van der Waals surface area (Å²) in [5, 5.41) is 12.4. The van der Waals surface area contributed by atoms with Crippen molar-refractivity contribution in [2.75, 3.05) is 24.3 Å². The zero-order chi connectivity index (χ0) is 27.4. The second-order valence-corrected chi connectivity index (χ2v) is 10.4. The van der Waals surface area contributed by atoms with Gasteiger partial charge in [-0.1, -0.05) is 54.2 Å². The van der Waals surface area contributed by atoms with Crippen LogP contribution in [-0.2, 0) is 17.8 Å². The van der Waals surface area contributed by atoms with E-state index in [2.05, 4.69) is 33.7 Å². The number of carbonyl (C=O) groups is 2. The number of methoxy groups -OCH3 is 1. The number of nitrogens with one attached hydrogen (secondary N) is 1. The minimum absolute atomic E-state index is 0.0358. The van der Waals surface area contributed by atoms with E-state index in [0.29, 0.717) is 28.8 Å². The maximum atomic E-state index is 13.3. The van der Waals surface area contributed by atoms with Gasteiger partial charge in [0.1, 0.15) is 5.75 Å². The maximum absolute atomic E-state index is 13.3. The Morgan fingerprint density at radius 2 is 1.79 bits per heavy atom. The fourth-order valence-corrected chi connectivity index (χ4v) is 5.63. The zero-order valence-electron chi connectivity index (χ0n) is 22.3. The normalized spacial score (nSPS) is 12.6. The number of ether oxygens (including phenoxy) is 1. The third-order valence-electron chi connectivity index (χ3n) is 6.80. The van der Waals surface area contributed by atoms with Crippen LogP contribution < -0.4 is 15.0 Å². The Hall–Kier alpha value is -4.11. The molecule has 0 unspecified atom stereocenters. The van der Waals surface area contributed by atoms with E-state index in [0.717, 1.165) is 35.3 Å². The largest absolute Gasteiger partial charge is 0.496 e. The highest BCUT2D eigenvalue weighted by molar-refractivity contribution is 7.99. The van der Waals surface area contributed by atoms with E-state index in [1.807, 2.05) is 53.6 Å². The molecule has 200 valence electrons. The fraction of sp³-hybridized carbons (Fsp3) is 0.267. The molecule has 1 aliphatic rings. The van der Waals surface area contributed by atoms with Gasteiger partial charge in [-0.15, -0.1) is 10.2 Å². The Labute approximate surface area is 232 Å². The van der Waals surface area contributed by atoms with Crippen molar-refractivity contribution in [3.8, 4) is 11.4 Å². The monoisotopic (exact) mass is 541 g/mol. The Kier molecular flexibility index (Phi) is 7.97. The van der Waals surface area contributed by atoms with E-state index >= 15 is 0 Å². The molecule has 0 spiro atoms. The van der Waals surface area contributed by atoms with Crippen LogP contribution in [0.1, 0.15) is 39.3 Å². The van der Waals surface area contributed by atoms with Crippen molar-refractivity contribution >= 4 is 29.3 Å². The van der Waals surface area contributed by atoms with Crippen molar-refractivity contribution in [1.29, 1.82) is 0 Å². The molecule has 0 saturated carbocycles. The first kappa shape index (κ1) is 26.5. The van der Waals surface area contributed by atoms with Crippen LogP contribution in [0, 0.1) is 13.8 Å². The number of benzene rings is 3. The molecule has 0 radical (unpaired) electrons. The smallest absolute Gasteiger partial charge is 0.255 e. The first-order valence-corrected chi connectivity index (χ1v) is 13.9. The number of hydrogen-bond donors (Lipinski definition) is 1. The van der Waals surface area contributed by atoms with E-state index in [-0.39, 0.29) is 24.1 Å². The Morgan fingerprint density at radius 3 is 2.64 bits per heavy atom. The summed E-state index contributed by atoms with van der Waals surface area (Å²) in [5.41, 5.74) is 5.68. The van der Waals surface area contributed by atoms with Crippen LogP contribution in [0.5, 0.6) is 5.75 Å². The van der Waals surface area contributed by atoms with Crippen LogP contribution in [0.25, 0.3) is 5.69 Å². The van der Waals surface area contributed by atoms with E-state index in [1.165, 1.54) is 24.4 Å². The van der Waals surface area contributed by atoms with Gasteiger partial charge in [0.15, 0.2) is 11.0 Å². The summed E-state index contributed by atoms with van der Waals surface area (Å²) < 4.78 is 7.28. The number of fused-ring (bicyclic) bond motifs is 1. The van der Waals surface area contributed by atoms with Gasteiger partial charge in [0.2, 0.25) is 5.91 Å². The van der Waals surface area contributed by atoms with Crippen LogP contribution in [0.4, 0.5) is 5.69 Å². The summed E-state index contributed by atoms with van der Waals surface area (Å²) in [4.78, 5) is 28.2.